The van der Waals surface area contributed by atoms with Crippen LogP contribution in [0.2, 0.25) is 0 Å². The molecule has 0 aliphatic rings. The first-order valence-corrected chi connectivity index (χ1v) is 6.90. The van der Waals surface area contributed by atoms with Crippen LogP contribution in [0.25, 0.3) is 10.8 Å². The summed E-state index contributed by atoms with van der Waals surface area (Å²) in [6.45, 7) is 1.44. The zero-order valence-corrected chi connectivity index (χ0v) is 11.3. The Hall–Kier alpha value is -1.43. The van der Waals surface area contributed by atoms with Crippen molar-refractivity contribution >= 4 is 27.6 Å². The lowest BCUT2D eigenvalue weighted by atomic mass is 9.99. The van der Waals surface area contributed by atoms with E-state index in [-0.39, 0.29) is 10.9 Å². The molecule has 2 aromatic rings. The summed E-state index contributed by atoms with van der Waals surface area (Å²) in [5.41, 5.74) is 0.627. The number of pyridine rings is 1. The molecule has 0 radical (unpaired) electrons. The molecule has 0 aliphatic carbocycles. The maximum absolute atomic E-state index is 10.9. The lowest BCUT2D eigenvalue weighted by Crippen LogP contribution is -2.21. The Morgan fingerprint density at radius 1 is 1.37 bits per heavy atom. The van der Waals surface area contributed by atoms with Crippen LogP contribution >= 0.6 is 11.8 Å². The molecule has 1 aromatic heterocycles. The molecule has 0 bridgehead atoms. The molecule has 5 heteroatoms. The van der Waals surface area contributed by atoms with Crippen LogP contribution in [0.1, 0.15) is 18.6 Å². The summed E-state index contributed by atoms with van der Waals surface area (Å²) in [7, 11) is 0. The first kappa shape index (κ1) is 14.0. The molecule has 2 unspecified atom stereocenters. The number of carbonyl (C=O) groups is 1. The van der Waals surface area contributed by atoms with Gasteiger partial charge >= 0.3 is 0 Å². The molecule has 100 valence electrons. The number of carbonyl (C=O) groups excluding carboxylic acids is 1. The standard InChI is InChI=1S/C14H15NO3S/c1-9(16)19-8-13(17)14(18)11-4-2-3-10-5-6-15-7-12(10)11/h2-7,13-14,17-18H,8H2,1H3. The van der Waals surface area contributed by atoms with Gasteiger partial charge in [-0.25, -0.2) is 0 Å². The first-order valence-electron chi connectivity index (χ1n) is 5.91. The van der Waals surface area contributed by atoms with Gasteiger partial charge in [0, 0.05) is 30.5 Å². The molecular formula is C14H15NO3S. The SMILES string of the molecule is CC(=O)SCC(O)C(O)c1cccc2ccncc12. The van der Waals surface area contributed by atoms with E-state index in [9.17, 15) is 15.0 Å². The average molecular weight is 277 g/mol. The van der Waals surface area contributed by atoms with E-state index in [0.29, 0.717) is 5.56 Å². The van der Waals surface area contributed by atoms with Crippen LogP contribution < -0.4 is 0 Å². The fourth-order valence-electron chi connectivity index (χ4n) is 1.90. The Morgan fingerprint density at radius 3 is 2.89 bits per heavy atom. The highest BCUT2D eigenvalue weighted by Gasteiger charge is 2.20. The summed E-state index contributed by atoms with van der Waals surface area (Å²) < 4.78 is 0. The molecule has 0 spiro atoms. The smallest absolute Gasteiger partial charge is 0.185 e. The fourth-order valence-corrected chi connectivity index (χ4v) is 2.48. The Kier molecular flexibility index (Phi) is 4.52. The van der Waals surface area contributed by atoms with Crippen molar-refractivity contribution in [3.8, 4) is 0 Å². The molecular weight excluding hydrogens is 262 g/mol. The van der Waals surface area contributed by atoms with Crippen LogP contribution in [0.4, 0.5) is 0 Å². The van der Waals surface area contributed by atoms with Gasteiger partial charge in [-0.15, -0.1) is 0 Å². The Labute approximate surface area is 115 Å². The van der Waals surface area contributed by atoms with Gasteiger partial charge in [0.25, 0.3) is 0 Å². The topological polar surface area (TPSA) is 70.4 Å². The second kappa shape index (κ2) is 6.14. The minimum atomic E-state index is -1.03. The molecule has 0 saturated carbocycles. The molecule has 0 amide bonds. The summed E-state index contributed by atoms with van der Waals surface area (Å²) in [6, 6.07) is 7.36. The highest BCUT2D eigenvalue weighted by atomic mass is 32.2. The van der Waals surface area contributed by atoms with E-state index in [1.54, 1.807) is 18.5 Å². The van der Waals surface area contributed by atoms with E-state index in [0.717, 1.165) is 22.5 Å². The zero-order valence-electron chi connectivity index (χ0n) is 10.5. The van der Waals surface area contributed by atoms with Crippen molar-refractivity contribution in [1.29, 1.82) is 0 Å². The minimum absolute atomic E-state index is 0.0779. The van der Waals surface area contributed by atoms with Crippen molar-refractivity contribution in [3.05, 3.63) is 42.2 Å². The highest BCUT2D eigenvalue weighted by Crippen LogP contribution is 2.26. The van der Waals surface area contributed by atoms with Crippen molar-refractivity contribution < 1.29 is 15.0 Å². The van der Waals surface area contributed by atoms with Crippen LogP contribution in [0, 0.1) is 0 Å². The summed E-state index contributed by atoms with van der Waals surface area (Å²) in [6.07, 6.45) is 1.33. The predicted octanol–water partition coefficient (Wildman–Crippen LogP) is 1.91. The van der Waals surface area contributed by atoms with E-state index < -0.39 is 12.2 Å². The number of aliphatic hydroxyl groups is 2. The monoisotopic (exact) mass is 277 g/mol. The molecule has 2 rings (SSSR count). The number of thioether (sulfide) groups is 1. The Balaban J connectivity index is 2.25. The maximum atomic E-state index is 10.9. The van der Waals surface area contributed by atoms with Crippen LogP contribution in [0.15, 0.2) is 36.7 Å². The number of benzene rings is 1. The summed E-state index contributed by atoms with van der Waals surface area (Å²) in [5.74, 6) is 0.174. The van der Waals surface area contributed by atoms with Gasteiger partial charge in [0.2, 0.25) is 0 Å². The number of aromatic nitrogens is 1. The van der Waals surface area contributed by atoms with Gasteiger partial charge in [-0.3, -0.25) is 9.78 Å². The zero-order chi connectivity index (χ0) is 13.8. The highest BCUT2D eigenvalue weighted by molar-refractivity contribution is 8.13. The molecule has 4 nitrogen and oxygen atoms in total. The second-order valence-corrected chi connectivity index (χ2v) is 5.46. The molecule has 2 atom stereocenters. The number of rotatable bonds is 4. The summed E-state index contributed by atoms with van der Waals surface area (Å²) >= 11 is 1.00. The number of aliphatic hydroxyl groups excluding tert-OH is 2. The van der Waals surface area contributed by atoms with Crippen molar-refractivity contribution in [1.82, 2.24) is 4.98 Å². The molecule has 1 heterocycles. The molecule has 1 aromatic carbocycles. The largest absolute Gasteiger partial charge is 0.389 e. The van der Waals surface area contributed by atoms with Crippen LogP contribution in [-0.2, 0) is 4.79 Å². The molecule has 2 N–H and O–H groups in total. The fraction of sp³-hybridized carbons (Fsp3) is 0.286. The first-order chi connectivity index (χ1) is 9.09. The van der Waals surface area contributed by atoms with Gasteiger partial charge < -0.3 is 10.2 Å². The van der Waals surface area contributed by atoms with Gasteiger partial charge in [0.15, 0.2) is 5.12 Å². The number of fused-ring (bicyclic) bond motifs is 1. The van der Waals surface area contributed by atoms with E-state index >= 15 is 0 Å². The van der Waals surface area contributed by atoms with Crippen molar-refractivity contribution in [3.63, 3.8) is 0 Å². The van der Waals surface area contributed by atoms with Gasteiger partial charge in [0.1, 0.15) is 6.10 Å². The van der Waals surface area contributed by atoms with E-state index in [2.05, 4.69) is 4.98 Å². The predicted molar refractivity (Wildman–Crippen MR) is 75.8 cm³/mol. The van der Waals surface area contributed by atoms with Gasteiger partial charge in [-0.2, -0.15) is 0 Å². The molecule has 0 fully saturated rings. The second-order valence-electron chi connectivity index (χ2n) is 4.26. The third kappa shape index (κ3) is 3.32. The van der Waals surface area contributed by atoms with Gasteiger partial charge in [-0.1, -0.05) is 30.0 Å². The Morgan fingerprint density at radius 2 is 2.16 bits per heavy atom. The third-order valence-corrected chi connectivity index (χ3v) is 3.77. The Bertz CT molecular complexity index is 582. The van der Waals surface area contributed by atoms with Crippen LogP contribution in [0.5, 0.6) is 0 Å². The van der Waals surface area contributed by atoms with E-state index in [1.807, 2.05) is 18.2 Å². The van der Waals surface area contributed by atoms with E-state index in [1.165, 1.54) is 6.92 Å². The lowest BCUT2D eigenvalue weighted by molar-refractivity contribution is -0.109. The summed E-state index contributed by atoms with van der Waals surface area (Å²) in [5, 5.41) is 21.8. The number of hydrogen-bond acceptors (Lipinski definition) is 5. The maximum Gasteiger partial charge on any atom is 0.185 e. The minimum Gasteiger partial charge on any atom is -0.389 e. The number of hydrogen-bond donors (Lipinski definition) is 2. The normalized spacial score (nSPS) is 14.3. The molecule has 0 saturated heterocycles. The van der Waals surface area contributed by atoms with Crippen LogP contribution in [0.3, 0.4) is 0 Å². The van der Waals surface area contributed by atoms with E-state index in [4.69, 9.17) is 0 Å². The number of nitrogens with zero attached hydrogens (tertiary/aromatic N) is 1. The quantitative estimate of drug-likeness (QED) is 0.893. The van der Waals surface area contributed by atoms with Gasteiger partial charge in [-0.05, 0) is 17.0 Å². The molecule has 19 heavy (non-hydrogen) atoms. The lowest BCUT2D eigenvalue weighted by Gasteiger charge is -2.18. The summed E-state index contributed by atoms with van der Waals surface area (Å²) in [4.78, 5) is 14.9. The van der Waals surface area contributed by atoms with Crippen molar-refractivity contribution in [2.75, 3.05) is 5.75 Å². The average Bonchev–Trinajstić information content (AvgIpc) is 2.43. The van der Waals surface area contributed by atoms with Crippen molar-refractivity contribution in [2.24, 2.45) is 0 Å². The van der Waals surface area contributed by atoms with Crippen LogP contribution in [-0.4, -0.2) is 32.2 Å². The third-order valence-electron chi connectivity index (χ3n) is 2.86. The van der Waals surface area contributed by atoms with Crippen molar-refractivity contribution in [2.45, 2.75) is 19.1 Å². The molecule has 0 aliphatic heterocycles. The van der Waals surface area contributed by atoms with Gasteiger partial charge in [0.05, 0.1) is 6.10 Å².